The van der Waals surface area contributed by atoms with E-state index >= 15 is 0 Å². The van der Waals surface area contributed by atoms with Crippen LogP contribution < -0.4 is 14.8 Å². The van der Waals surface area contributed by atoms with E-state index in [9.17, 15) is 13.8 Å². The van der Waals surface area contributed by atoms with Gasteiger partial charge in [0.05, 0.1) is 12.8 Å². The third-order valence-corrected chi connectivity index (χ3v) is 5.90. The van der Waals surface area contributed by atoms with Gasteiger partial charge < -0.3 is 14.6 Å². The quantitative estimate of drug-likeness (QED) is 0.364. The van der Waals surface area contributed by atoms with Gasteiger partial charge in [0.15, 0.2) is 4.90 Å². The highest BCUT2D eigenvalue weighted by Gasteiger charge is 2.19. The van der Waals surface area contributed by atoms with Crippen LogP contribution in [0.1, 0.15) is 21.5 Å². The lowest BCUT2D eigenvalue weighted by atomic mass is 10.00. The minimum Gasteiger partial charge on any atom is -0.588 e. The maximum atomic E-state index is 13.0. The van der Waals surface area contributed by atoms with Crippen LogP contribution in [-0.4, -0.2) is 52.8 Å². The maximum absolute atomic E-state index is 13.0. The molecule has 0 aliphatic heterocycles. The number of rotatable bonds is 9. The molecule has 0 aliphatic rings. The number of ether oxygens (including phenoxy) is 1. The molecule has 2 aromatic carbocycles. The van der Waals surface area contributed by atoms with Crippen LogP contribution in [0.3, 0.4) is 0 Å². The minimum atomic E-state index is -1.74. The van der Waals surface area contributed by atoms with Gasteiger partial charge in [-0.2, -0.15) is 9.71 Å². The molecular formula is C23H26FN5O3S. The van der Waals surface area contributed by atoms with Crippen molar-refractivity contribution in [1.29, 1.82) is 0 Å². The molecule has 1 unspecified atom stereocenters. The van der Waals surface area contributed by atoms with Crippen molar-refractivity contribution >= 4 is 23.2 Å². The molecule has 0 spiro atoms. The average molecular weight is 472 g/mol. The second kappa shape index (κ2) is 11.1. The molecule has 0 saturated heterocycles. The summed E-state index contributed by atoms with van der Waals surface area (Å²) in [7, 11) is 2.77. The molecular weight excluding hydrogens is 445 g/mol. The lowest BCUT2D eigenvalue weighted by molar-refractivity contribution is 0.0601. The maximum Gasteiger partial charge on any atom is 0.269 e. The minimum absolute atomic E-state index is 0.0643. The standard InChI is InChI=1S/C23H26FN5O3S/c1-15-7-5-8-16(2)21(15)19-14-20(32-4)27-23(26-19)28-33(31)18-10-6-9-17(13-18)22(30)25-11-12-29(3)24/h5-10,13-14H,11-12H2,1-4H3,(H,25,30)(H,26,27,28). The first-order valence-electron chi connectivity index (χ1n) is 10.2. The number of carbonyl (C=O) groups excluding carboxylic acids is 1. The number of aromatic nitrogens is 2. The van der Waals surface area contributed by atoms with Crippen molar-refractivity contribution < 1.29 is 18.6 Å². The van der Waals surface area contributed by atoms with Crippen LogP contribution in [0.2, 0.25) is 0 Å². The number of halogens is 1. The number of hydrogen-bond acceptors (Lipinski definition) is 7. The van der Waals surface area contributed by atoms with Crippen LogP contribution in [0.4, 0.5) is 10.4 Å². The van der Waals surface area contributed by atoms with E-state index in [2.05, 4.69) is 20.0 Å². The van der Waals surface area contributed by atoms with Crippen molar-refractivity contribution in [2.24, 2.45) is 0 Å². The average Bonchev–Trinajstić information content (AvgIpc) is 2.78. The summed E-state index contributed by atoms with van der Waals surface area (Å²) >= 11 is -1.74. The van der Waals surface area contributed by atoms with Gasteiger partial charge in [0.1, 0.15) is 11.4 Å². The van der Waals surface area contributed by atoms with E-state index in [1.54, 1.807) is 24.3 Å². The number of hydrogen-bond donors (Lipinski definition) is 2. The molecule has 1 amide bonds. The Bertz CT molecular complexity index is 1110. The van der Waals surface area contributed by atoms with Gasteiger partial charge in [-0.25, -0.2) is 4.98 Å². The molecule has 0 fully saturated rings. The van der Waals surface area contributed by atoms with Crippen molar-refractivity contribution in [3.8, 4) is 17.1 Å². The molecule has 0 aliphatic carbocycles. The number of anilines is 1. The van der Waals surface area contributed by atoms with Crippen LogP contribution in [0.25, 0.3) is 11.3 Å². The predicted molar refractivity (Wildman–Crippen MR) is 126 cm³/mol. The number of aryl methyl sites for hydroxylation is 2. The van der Waals surface area contributed by atoms with E-state index in [0.717, 1.165) is 16.7 Å². The lowest BCUT2D eigenvalue weighted by Crippen LogP contribution is -2.30. The first-order valence-corrected chi connectivity index (χ1v) is 11.4. The summed E-state index contributed by atoms with van der Waals surface area (Å²) in [6, 6.07) is 14.0. The van der Waals surface area contributed by atoms with E-state index in [0.29, 0.717) is 27.2 Å². The third kappa shape index (κ3) is 6.41. The zero-order valence-electron chi connectivity index (χ0n) is 18.9. The summed E-state index contributed by atoms with van der Waals surface area (Å²) in [5.41, 5.74) is 3.99. The van der Waals surface area contributed by atoms with Gasteiger partial charge in [0.2, 0.25) is 5.88 Å². The van der Waals surface area contributed by atoms with E-state index in [1.807, 2.05) is 32.0 Å². The van der Waals surface area contributed by atoms with Gasteiger partial charge in [-0.05, 0) is 37.1 Å². The Kier molecular flexibility index (Phi) is 8.21. The fourth-order valence-corrected chi connectivity index (χ4v) is 4.05. The zero-order chi connectivity index (χ0) is 24.0. The first-order chi connectivity index (χ1) is 15.8. The third-order valence-electron chi connectivity index (χ3n) is 4.85. The van der Waals surface area contributed by atoms with Crippen LogP contribution in [0, 0.1) is 13.8 Å². The van der Waals surface area contributed by atoms with Gasteiger partial charge in [-0.1, -0.05) is 24.3 Å². The fraction of sp³-hybridized carbons (Fsp3) is 0.261. The van der Waals surface area contributed by atoms with Crippen molar-refractivity contribution in [1.82, 2.24) is 20.4 Å². The second-order valence-corrected chi connectivity index (χ2v) is 8.58. The lowest BCUT2D eigenvalue weighted by Gasteiger charge is -2.14. The molecule has 0 saturated carbocycles. The molecule has 2 N–H and O–H groups in total. The van der Waals surface area contributed by atoms with Gasteiger partial charge in [-0.15, -0.1) is 9.60 Å². The SMILES string of the molecule is COc1cc(-c2c(C)cccc2C)nc(N[S+]([O-])c2cccc(C(=O)NCCN(C)F)c2)n1. The summed E-state index contributed by atoms with van der Waals surface area (Å²) in [6.07, 6.45) is 0. The molecule has 1 aromatic heterocycles. The van der Waals surface area contributed by atoms with Crippen molar-refractivity contribution in [2.45, 2.75) is 18.7 Å². The van der Waals surface area contributed by atoms with E-state index in [4.69, 9.17) is 4.74 Å². The number of methoxy groups -OCH3 is 1. The molecule has 8 nitrogen and oxygen atoms in total. The van der Waals surface area contributed by atoms with E-state index < -0.39 is 11.4 Å². The Morgan fingerprint density at radius 1 is 1.15 bits per heavy atom. The van der Waals surface area contributed by atoms with Crippen LogP contribution in [0.15, 0.2) is 53.4 Å². The molecule has 174 valence electrons. The number of nitrogens with one attached hydrogen (secondary N) is 2. The molecule has 0 bridgehead atoms. The first kappa shape index (κ1) is 24.4. The number of nitrogens with zero attached hydrogens (tertiary/aromatic N) is 3. The molecule has 1 heterocycles. The Morgan fingerprint density at radius 3 is 2.52 bits per heavy atom. The van der Waals surface area contributed by atoms with Crippen LogP contribution in [-0.2, 0) is 11.4 Å². The molecule has 33 heavy (non-hydrogen) atoms. The summed E-state index contributed by atoms with van der Waals surface area (Å²) in [5, 5.41) is 3.10. The Hall–Kier alpha value is -3.21. The predicted octanol–water partition coefficient (Wildman–Crippen LogP) is 3.45. The largest absolute Gasteiger partial charge is 0.588 e. The summed E-state index contributed by atoms with van der Waals surface area (Å²) < 4.78 is 33.8. The highest BCUT2D eigenvalue weighted by molar-refractivity contribution is 7.92. The zero-order valence-corrected chi connectivity index (χ0v) is 19.7. The second-order valence-electron chi connectivity index (χ2n) is 7.37. The van der Waals surface area contributed by atoms with Gasteiger partial charge in [0, 0.05) is 43.4 Å². The Labute approximate surface area is 195 Å². The fourth-order valence-electron chi connectivity index (χ4n) is 3.24. The van der Waals surface area contributed by atoms with Crippen molar-refractivity contribution in [3.05, 3.63) is 65.2 Å². The van der Waals surface area contributed by atoms with Crippen LogP contribution in [0.5, 0.6) is 5.88 Å². The highest BCUT2D eigenvalue weighted by atomic mass is 32.2. The summed E-state index contributed by atoms with van der Waals surface area (Å²) in [6.45, 7) is 4.19. The van der Waals surface area contributed by atoms with Crippen molar-refractivity contribution in [3.63, 3.8) is 0 Å². The van der Waals surface area contributed by atoms with Gasteiger partial charge >= 0.3 is 0 Å². The Balaban J connectivity index is 1.82. The summed E-state index contributed by atoms with van der Waals surface area (Å²) in [5.74, 6) is 0.0740. The molecule has 3 aromatic rings. The molecule has 10 heteroatoms. The molecule has 3 rings (SSSR count). The van der Waals surface area contributed by atoms with Crippen LogP contribution >= 0.6 is 0 Å². The highest BCUT2D eigenvalue weighted by Crippen LogP contribution is 2.29. The van der Waals surface area contributed by atoms with Crippen molar-refractivity contribution in [2.75, 3.05) is 32.0 Å². The summed E-state index contributed by atoms with van der Waals surface area (Å²) in [4.78, 5) is 21.5. The number of carbonyl (C=O) groups is 1. The van der Waals surface area contributed by atoms with Gasteiger partial charge in [0.25, 0.3) is 11.9 Å². The topological polar surface area (TPSA) is 102 Å². The van der Waals surface area contributed by atoms with E-state index in [-0.39, 0.29) is 24.9 Å². The number of amides is 1. The normalized spacial score (nSPS) is 11.8. The molecule has 0 radical (unpaired) electrons. The smallest absolute Gasteiger partial charge is 0.269 e. The van der Waals surface area contributed by atoms with E-state index in [1.165, 1.54) is 20.2 Å². The Morgan fingerprint density at radius 2 is 1.85 bits per heavy atom. The number of likely N-dealkylation sites (N-methyl/N-ethyl adjacent to an activating group) is 1. The van der Waals surface area contributed by atoms with Gasteiger partial charge in [-0.3, -0.25) is 4.79 Å². The number of benzene rings is 2. The molecule has 1 atom stereocenters. The monoisotopic (exact) mass is 471 g/mol.